The Labute approximate surface area is 212 Å². The molecule has 1 N–H and O–H groups in total. The highest BCUT2D eigenvalue weighted by atomic mass is 32.2. The summed E-state index contributed by atoms with van der Waals surface area (Å²) in [7, 11) is -2.33. The number of hydrogen-bond acceptors (Lipinski definition) is 5. The van der Waals surface area contributed by atoms with E-state index >= 15 is 0 Å². The molecule has 0 bridgehead atoms. The molecule has 0 unspecified atom stereocenters. The van der Waals surface area contributed by atoms with E-state index in [1.807, 2.05) is 0 Å². The molecule has 36 heavy (non-hydrogen) atoms. The first-order valence-electron chi connectivity index (χ1n) is 10.8. The molecule has 4 rings (SSSR count). The maximum atomic E-state index is 13.0. The number of hydrogen-bond donors (Lipinski definition) is 1. The van der Waals surface area contributed by atoms with Gasteiger partial charge in [0.05, 0.1) is 27.3 Å². The van der Waals surface area contributed by atoms with E-state index in [2.05, 4.69) is 16.2 Å². The van der Waals surface area contributed by atoms with Crippen molar-refractivity contribution >= 4 is 54.8 Å². The molecule has 0 saturated carbocycles. The molecule has 8 nitrogen and oxygen atoms in total. The first-order chi connectivity index (χ1) is 17.2. The summed E-state index contributed by atoms with van der Waals surface area (Å²) in [6.07, 6.45) is 5.53. The number of para-hydroxylation sites is 1. The van der Waals surface area contributed by atoms with Crippen LogP contribution in [0, 0.1) is 12.3 Å². The Morgan fingerprint density at radius 2 is 1.78 bits per heavy atom. The Balaban J connectivity index is 1.66. The molecule has 0 aliphatic heterocycles. The number of fused-ring (bicyclic) bond motifs is 1. The molecule has 2 amide bonds. The van der Waals surface area contributed by atoms with E-state index in [0.717, 1.165) is 10.2 Å². The Morgan fingerprint density at radius 1 is 1.08 bits per heavy atom. The van der Waals surface area contributed by atoms with Gasteiger partial charge in [0.15, 0.2) is 4.80 Å². The van der Waals surface area contributed by atoms with Crippen molar-refractivity contribution in [1.29, 1.82) is 0 Å². The van der Waals surface area contributed by atoms with Gasteiger partial charge in [0, 0.05) is 25.2 Å². The fraction of sp³-hybridized carbons (Fsp3) is 0.115. The van der Waals surface area contributed by atoms with Crippen LogP contribution in [-0.2, 0) is 21.4 Å². The average molecular weight is 519 g/mol. The number of nitrogens with one attached hydrogen (secondary N) is 1. The third-order valence-electron chi connectivity index (χ3n) is 5.33. The van der Waals surface area contributed by atoms with Gasteiger partial charge in [-0.05, 0) is 54.6 Å². The van der Waals surface area contributed by atoms with E-state index in [1.165, 1.54) is 53.9 Å². The van der Waals surface area contributed by atoms with Crippen molar-refractivity contribution in [2.45, 2.75) is 18.4 Å². The summed E-state index contributed by atoms with van der Waals surface area (Å²) >= 11 is 1.26. The maximum absolute atomic E-state index is 13.0. The first-order valence-corrected chi connectivity index (χ1v) is 13.0. The fourth-order valence-corrected chi connectivity index (χ4v) is 5.80. The lowest BCUT2D eigenvalue weighted by Gasteiger charge is -2.19. The summed E-state index contributed by atoms with van der Waals surface area (Å²) in [5, 5.41) is 2.73. The van der Waals surface area contributed by atoms with Crippen LogP contribution in [0.4, 0.5) is 11.4 Å². The van der Waals surface area contributed by atoms with Gasteiger partial charge >= 0.3 is 0 Å². The number of aromatic nitrogens is 1. The Kier molecular flexibility index (Phi) is 7.05. The number of anilines is 2. The number of sulfonamides is 1. The highest BCUT2D eigenvalue weighted by Crippen LogP contribution is 2.23. The average Bonchev–Trinajstić information content (AvgIpc) is 3.20. The number of amides is 2. The van der Waals surface area contributed by atoms with Gasteiger partial charge in [0.2, 0.25) is 5.91 Å². The van der Waals surface area contributed by atoms with Crippen molar-refractivity contribution in [2.24, 2.45) is 4.99 Å². The minimum absolute atomic E-state index is 0.0557. The summed E-state index contributed by atoms with van der Waals surface area (Å²) in [6.45, 7) is 1.63. The van der Waals surface area contributed by atoms with Gasteiger partial charge in [-0.25, -0.2) is 8.42 Å². The Bertz CT molecular complexity index is 1660. The number of carbonyl (C=O) groups is 2. The van der Waals surface area contributed by atoms with Crippen LogP contribution in [-0.4, -0.2) is 31.8 Å². The number of carbonyl (C=O) groups excluding carboxylic acids is 2. The summed E-state index contributed by atoms with van der Waals surface area (Å²) in [5.74, 6) is 1.84. The molecule has 0 fully saturated rings. The Morgan fingerprint density at radius 3 is 2.42 bits per heavy atom. The molecule has 0 radical (unpaired) electrons. The standard InChI is InChI=1S/C26H22N4O4S2/c1-4-16-30-23-15-12-20(27-18(2)31)17-24(23)35-26(30)28-25(32)19-10-13-22(14-11-19)36(33,34)29(3)21-8-6-5-7-9-21/h1,5-15,17H,16H2,2-3H3,(H,27,31). The van der Waals surface area contributed by atoms with Gasteiger partial charge in [-0.15, -0.1) is 6.42 Å². The molecule has 182 valence electrons. The van der Waals surface area contributed by atoms with E-state index in [9.17, 15) is 18.0 Å². The second kappa shape index (κ2) is 10.2. The first kappa shape index (κ1) is 24.9. The molecule has 1 heterocycles. The van der Waals surface area contributed by atoms with Crippen LogP contribution in [0.3, 0.4) is 0 Å². The summed E-state index contributed by atoms with van der Waals surface area (Å²) in [6, 6.07) is 19.7. The molecular weight excluding hydrogens is 496 g/mol. The molecule has 0 aliphatic rings. The molecular formula is C26H22N4O4S2. The van der Waals surface area contributed by atoms with Crippen LogP contribution in [0.1, 0.15) is 17.3 Å². The SMILES string of the molecule is C#CCn1c(=NC(=O)c2ccc(S(=O)(=O)N(C)c3ccccc3)cc2)sc2cc(NC(C)=O)ccc21. The van der Waals surface area contributed by atoms with Gasteiger partial charge in [-0.3, -0.25) is 13.9 Å². The number of nitrogens with zero attached hydrogens (tertiary/aromatic N) is 3. The number of benzene rings is 3. The number of rotatable bonds is 6. The third kappa shape index (κ3) is 5.07. The Hall–Kier alpha value is -4.20. The summed E-state index contributed by atoms with van der Waals surface area (Å²) in [5.41, 5.74) is 2.17. The van der Waals surface area contributed by atoms with Crippen LogP contribution in [0.5, 0.6) is 0 Å². The van der Waals surface area contributed by atoms with Crippen LogP contribution in [0.2, 0.25) is 0 Å². The molecule has 0 aliphatic carbocycles. The third-order valence-corrected chi connectivity index (χ3v) is 8.17. The van der Waals surface area contributed by atoms with E-state index in [1.54, 1.807) is 53.1 Å². The van der Waals surface area contributed by atoms with Gasteiger partial charge in [0.25, 0.3) is 15.9 Å². The van der Waals surface area contributed by atoms with Gasteiger partial charge in [-0.2, -0.15) is 4.99 Å². The molecule has 3 aromatic carbocycles. The largest absolute Gasteiger partial charge is 0.326 e. The molecule has 0 spiro atoms. The normalized spacial score (nSPS) is 11.8. The zero-order chi connectivity index (χ0) is 25.9. The van der Waals surface area contributed by atoms with Crippen molar-refractivity contribution in [1.82, 2.24) is 4.57 Å². The minimum Gasteiger partial charge on any atom is -0.326 e. The van der Waals surface area contributed by atoms with Crippen LogP contribution in [0.15, 0.2) is 82.7 Å². The van der Waals surface area contributed by atoms with Crippen molar-refractivity contribution in [3.8, 4) is 12.3 Å². The molecule has 1 aromatic heterocycles. The topological polar surface area (TPSA) is 101 Å². The monoisotopic (exact) mass is 518 g/mol. The molecule has 10 heteroatoms. The lowest BCUT2D eigenvalue weighted by Crippen LogP contribution is -2.26. The number of terminal acetylenes is 1. The van der Waals surface area contributed by atoms with Gasteiger partial charge in [-0.1, -0.05) is 35.5 Å². The fourth-order valence-electron chi connectivity index (χ4n) is 3.54. The predicted octanol–water partition coefficient (Wildman–Crippen LogP) is 3.86. The van der Waals surface area contributed by atoms with Gasteiger partial charge in [0.1, 0.15) is 0 Å². The van der Waals surface area contributed by atoms with E-state index in [-0.39, 0.29) is 22.9 Å². The highest BCUT2D eigenvalue weighted by Gasteiger charge is 2.21. The molecule has 0 saturated heterocycles. The van der Waals surface area contributed by atoms with Crippen LogP contribution >= 0.6 is 11.3 Å². The van der Waals surface area contributed by atoms with E-state index in [0.29, 0.717) is 16.2 Å². The van der Waals surface area contributed by atoms with Crippen molar-refractivity contribution in [3.63, 3.8) is 0 Å². The van der Waals surface area contributed by atoms with Gasteiger partial charge < -0.3 is 9.88 Å². The zero-order valence-electron chi connectivity index (χ0n) is 19.5. The minimum atomic E-state index is -3.80. The van der Waals surface area contributed by atoms with Crippen molar-refractivity contribution in [2.75, 3.05) is 16.7 Å². The van der Waals surface area contributed by atoms with E-state index < -0.39 is 15.9 Å². The zero-order valence-corrected chi connectivity index (χ0v) is 21.1. The quantitative estimate of drug-likeness (QED) is 0.392. The van der Waals surface area contributed by atoms with E-state index in [4.69, 9.17) is 6.42 Å². The second-order valence-corrected chi connectivity index (χ2v) is 10.8. The van der Waals surface area contributed by atoms with Crippen molar-refractivity contribution in [3.05, 3.63) is 83.2 Å². The number of thiazole rings is 1. The van der Waals surface area contributed by atoms with Crippen LogP contribution in [0.25, 0.3) is 10.2 Å². The second-order valence-electron chi connectivity index (χ2n) is 7.79. The van der Waals surface area contributed by atoms with Crippen LogP contribution < -0.4 is 14.4 Å². The summed E-state index contributed by atoms with van der Waals surface area (Å²) < 4.78 is 29.7. The maximum Gasteiger partial charge on any atom is 0.279 e. The van der Waals surface area contributed by atoms with Crippen molar-refractivity contribution < 1.29 is 18.0 Å². The molecule has 0 atom stereocenters. The summed E-state index contributed by atoms with van der Waals surface area (Å²) in [4.78, 5) is 29.0. The highest BCUT2D eigenvalue weighted by molar-refractivity contribution is 7.92. The lowest BCUT2D eigenvalue weighted by atomic mass is 10.2. The molecule has 4 aromatic rings. The lowest BCUT2D eigenvalue weighted by molar-refractivity contribution is -0.114. The predicted molar refractivity (Wildman–Crippen MR) is 141 cm³/mol. The smallest absolute Gasteiger partial charge is 0.279 e.